The molecular weight excluding hydrogens is 384 g/mol. The van der Waals surface area contributed by atoms with E-state index in [0.717, 1.165) is 38.9 Å². The molecule has 5 N–H and O–H groups in total. The molecule has 0 spiro atoms. The summed E-state index contributed by atoms with van der Waals surface area (Å²) in [5.41, 5.74) is 6.23. The van der Waals surface area contributed by atoms with Gasteiger partial charge in [-0.25, -0.2) is 0 Å². The highest BCUT2D eigenvalue weighted by Gasteiger charge is 2.37. The number of carbonyl (C=O) groups excluding carboxylic acids is 2. The molecule has 0 aromatic carbocycles. The first kappa shape index (κ1) is 23.0. The van der Waals surface area contributed by atoms with E-state index in [1.165, 1.54) is 25.7 Å². The molecule has 0 bridgehead atoms. The molecule has 2 aliphatic heterocycles. The second-order valence-electron chi connectivity index (χ2n) is 9.60. The summed E-state index contributed by atoms with van der Waals surface area (Å²) < 4.78 is 0. The number of fused-ring (bicyclic) bond motifs is 1. The molecule has 8 nitrogen and oxygen atoms in total. The number of likely N-dealkylation sites (tertiary alicyclic amines) is 1. The maximum Gasteiger partial charge on any atom is 0.305 e. The van der Waals surface area contributed by atoms with Crippen molar-refractivity contribution in [2.24, 2.45) is 29.4 Å². The van der Waals surface area contributed by atoms with Gasteiger partial charge in [0.25, 0.3) is 0 Å². The number of hydrogen-bond donors (Lipinski definition) is 4. The average molecular weight is 423 g/mol. The Balaban J connectivity index is 1.43. The largest absolute Gasteiger partial charge is 0.481 e. The maximum atomic E-state index is 12.9. The Bertz CT molecular complexity index is 628. The number of piperidine rings is 2. The van der Waals surface area contributed by atoms with E-state index >= 15 is 0 Å². The molecule has 2 heterocycles. The number of hydrogen-bond acceptors (Lipinski definition) is 5. The van der Waals surface area contributed by atoms with Crippen molar-refractivity contribution in [1.82, 2.24) is 15.5 Å². The molecule has 3 aliphatic rings. The minimum absolute atomic E-state index is 0.0832. The van der Waals surface area contributed by atoms with Crippen molar-refractivity contribution in [3.05, 3.63) is 0 Å². The number of nitrogens with one attached hydrogen (secondary N) is 2. The average Bonchev–Trinajstić information content (AvgIpc) is 2.68. The van der Waals surface area contributed by atoms with E-state index in [-0.39, 0.29) is 36.7 Å². The van der Waals surface area contributed by atoms with Crippen LogP contribution in [0.2, 0.25) is 0 Å². The van der Waals surface area contributed by atoms with Gasteiger partial charge in [0.2, 0.25) is 11.8 Å². The summed E-state index contributed by atoms with van der Waals surface area (Å²) in [6.07, 6.45) is 7.65. The van der Waals surface area contributed by atoms with Crippen LogP contribution in [-0.4, -0.2) is 59.6 Å². The third kappa shape index (κ3) is 6.17. The van der Waals surface area contributed by atoms with Crippen LogP contribution in [0.1, 0.15) is 64.7 Å². The molecule has 3 rings (SSSR count). The van der Waals surface area contributed by atoms with Crippen LogP contribution in [-0.2, 0) is 14.4 Å². The molecule has 0 radical (unpaired) electrons. The van der Waals surface area contributed by atoms with Crippen molar-refractivity contribution in [3.63, 3.8) is 0 Å². The summed E-state index contributed by atoms with van der Waals surface area (Å²) in [7, 11) is 0. The predicted octanol–water partition coefficient (Wildman–Crippen LogP) is 1.30. The van der Waals surface area contributed by atoms with Crippen molar-refractivity contribution in [2.75, 3.05) is 19.6 Å². The monoisotopic (exact) mass is 422 g/mol. The van der Waals surface area contributed by atoms with E-state index in [1.807, 2.05) is 4.90 Å². The second kappa shape index (κ2) is 10.6. The molecule has 30 heavy (non-hydrogen) atoms. The lowest BCUT2D eigenvalue weighted by atomic mass is 9.69. The Hall–Kier alpha value is -1.67. The number of carbonyl (C=O) groups is 3. The SMILES string of the molecule is C[C@H](CC(=O)O)NC(=O)CC1CCCN(CC[C@@H]2CC[C@H]3C(CCN[C@H]3N)C2)C1=O. The lowest BCUT2D eigenvalue weighted by molar-refractivity contribution is -0.142. The Labute approximate surface area is 179 Å². The van der Waals surface area contributed by atoms with E-state index in [9.17, 15) is 14.4 Å². The fourth-order valence-corrected chi connectivity index (χ4v) is 5.68. The zero-order chi connectivity index (χ0) is 21.7. The van der Waals surface area contributed by atoms with E-state index in [4.69, 9.17) is 10.8 Å². The van der Waals surface area contributed by atoms with Crippen molar-refractivity contribution < 1.29 is 19.5 Å². The highest BCUT2D eigenvalue weighted by molar-refractivity contribution is 5.86. The molecule has 0 aromatic rings. The van der Waals surface area contributed by atoms with Crippen molar-refractivity contribution >= 4 is 17.8 Å². The number of rotatable bonds is 8. The highest BCUT2D eigenvalue weighted by atomic mass is 16.4. The van der Waals surface area contributed by atoms with Crippen LogP contribution in [0.15, 0.2) is 0 Å². The van der Waals surface area contributed by atoms with Gasteiger partial charge in [0, 0.05) is 31.5 Å². The fraction of sp³-hybridized carbons (Fsp3) is 0.864. The first-order valence-corrected chi connectivity index (χ1v) is 11.6. The third-order valence-electron chi connectivity index (χ3n) is 7.28. The Morgan fingerprint density at radius 3 is 2.87 bits per heavy atom. The molecule has 2 saturated heterocycles. The smallest absolute Gasteiger partial charge is 0.305 e. The van der Waals surface area contributed by atoms with Gasteiger partial charge in [-0.15, -0.1) is 0 Å². The standard InChI is InChI=1S/C22H38N4O4/c1-14(11-20(28)29)25-19(27)13-17-3-2-9-26(22(17)30)10-7-15-4-5-18-16(12-15)6-8-24-21(18)23/h14-18,21,24H,2-13,23H2,1H3,(H,25,27)(H,28,29)/t14-,15+,16?,17?,18+,21-/m1/s1. The molecule has 0 aromatic heterocycles. The zero-order valence-corrected chi connectivity index (χ0v) is 18.1. The van der Waals surface area contributed by atoms with Gasteiger partial charge < -0.3 is 26.4 Å². The molecule has 6 atom stereocenters. The summed E-state index contributed by atoms with van der Waals surface area (Å²) in [4.78, 5) is 37.8. The molecule has 8 heteroatoms. The Kier molecular flexibility index (Phi) is 8.11. The first-order valence-electron chi connectivity index (χ1n) is 11.6. The third-order valence-corrected chi connectivity index (χ3v) is 7.28. The summed E-state index contributed by atoms with van der Waals surface area (Å²) in [5, 5.41) is 14.9. The second-order valence-corrected chi connectivity index (χ2v) is 9.60. The van der Waals surface area contributed by atoms with Crippen LogP contribution in [0.4, 0.5) is 0 Å². The summed E-state index contributed by atoms with van der Waals surface area (Å²) in [6, 6.07) is -0.428. The summed E-state index contributed by atoms with van der Waals surface area (Å²) in [5.74, 6) is 0.589. The van der Waals surface area contributed by atoms with Crippen LogP contribution in [0.3, 0.4) is 0 Å². The van der Waals surface area contributed by atoms with Gasteiger partial charge in [0.1, 0.15) is 0 Å². The van der Waals surface area contributed by atoms with Gasteiger partial charge in [-0.3, -0.25) is 14.4 Å². The van der Waals surface area contributed by atoms with Gasteiger partial charge in [-0.2, -0.15) is 0 Å². The van der Waals surface area contributed by atoms with Crippen LogP contribution >= 0.6 is 0 Å². The lowest BCUT2D eigenvalue weighted by Crippen LogP contribution is -2.53. The minimum atomic E-state index is -0.941. The molecular formula is C22H38N4O4. The van der Waals surface area contributed by atoms with Gasteiger partial charge in [-0.05, 0) is 76.2 Å². The van der Waals surface area contributed by atoms with Crippen LogP contribution in [0, 0.1) is 23.7 Å². The minimum Gasteiger partial charge on any atom is -0.481 e. The van der Waals surface area contributed by atoms with Gasteiger partial charge in [0.05, 0.1) is 12.6 Å². The molecule has 1 saturated carbocycles. The molecule has 2 amide bonds. The number of amides is 2. The highest BCUT2D eigenvalue weighted by Crippen LogP contribution is 2.40. The molecule has 1 aliphatic carbocycles. The van der Waals surface area contributed by atoms with E-state index < -0.39 is 12.0 Å². The Morgan fingerprint density at radius 1 is 1.30 bits per heavy atom. The summed E-state index contributed by atoms with van der Waals surface area (Å²) >= 11 is 0. The lowest BCUT2D eigenvalue weighted by Gasteiger charge is -2.43. The van der Waals surface area contributed by atoms with E-state index in [2.05, 4.69) is 10.6 Å². The normalized spacial score (nSPS) is 32.9. The first-order chi connectivity index (χ1) is 14.3. The summed E-state index contributed by atoms with van der Waals surface area (Å²) in [6.45, 7) is 4.23. The fourth-order valence-electron chi connectivity index (χ4n) is 5.68. The maximum absolute atomic E-state index is 12.9. The molecule has 170 valence electrons. The molecule has 2 unspecified atom stereocenters. The predicted molar refractivity (Wildman–Crippen MR) is 113 cm³/mol. The van der Waals surface area contributed by atoms with Crippen LogP contribution < -0.4 is 16.4 Å². The Morgan fingerprint density at radius 2 is 2.10 bits per heavy atom. The van der Waals surface area contributed by atoms with Crippen molar-refractivity contribution in [3.8, 4) is 0 Å². The van der Waals surface area contributed by atoms with Gasteiger partial charge >= 0.3 is 5.97 Å². The topological polar surface area (TPSA) is 125 Å². The number of carboxylic acid groups (broad SMARTS) is 1. The van der Waals surface area contributed by atoms with E-state index in [0.29, 0.717) is 17.8 Å². The number of nitrogens with zero attached hydrogens (tertiary/aromatic N) is 1. The number of nitrogens with two attached hydrogens (primary N) is 1. The van der Waals surface area contributed by atoms with Crippen LogP contribution in [0.5, 0.6) is 0 Å². The quantitative estimate of drug-likeness (QED) is 0.467. The number of aliphatic carboxylic acids is 1. The van der Waals surface area contributed by atoms with Crippen molar-refractivity contribution in [2.45, 2.75) is 76.9 Å². The van der Waals surface area contributed by atoms with E-state index in [1.54, 1.807) is 6.92 Å². The zero-order valence-electron chi connectivity index (χ0n) is 18.1. The van der Waals surface area contributed by atoms with Crippen LogP contribution in [0.25, 0.3) is 0 Å². The van der Waals surface area contributed by atoms with Gasteiger partial charge in [-0.1, -0.05) is 0 Å². The number of carboxylic acids is 1. The molecule has 3 fully saturated rings. The van der Waals surface area contributed by atoms with Crippen molar-refractivity contribution in [1.29, 1.82) is 0 Å². The van der Waals surface area contributed by atoms with Gasteiger partial charge in [0.15, 0.2) is 0 Å².